The number of carbonyl (C=O) groups excluding carboxylic acids is 1. The van der Waals surface area contributed by atoms with Crippen molar-refractivity contribution in [1.82, 2.24) is 15.3 Å². The molecule has 2 aromatic rings. The Morgan fingerprint density at radius 3 is 2.79 bits per heavy atom. The van der Waals surface area contributed by atoms with Gasteiger partial charge in [0.15, 0.2) is 0 Å². The summed E-state index contributed by atoms with van der Waals surface area (Å²) in [6.45, 7) is 1.32. The molecule has 24 heavy (non-hydrogen) atoms. The van der Waals surface area contributed by atoms with Gasteiger partial charge in [0.05, 0.1) is 11.0 Å². The molecule has 4 N–H and O–H groups in total. The monoisotopic (exact) mass is 328 g/mol. The summed E-state index contributed by atoms with van der Waals surface area (Å²) in [6, 6.07) is 8.03. The van der Waals surface area contributed by atoms with Gasteiger partial charge in [0.1, 0.15) is 5.82 Å². The molecule has 0 atom stereocenters. The third-order valence-electron chi connectivity index (χ3n) is 5.23. The molecule has 5 heteroatoms. The first-order valence-corrected chi connectivity index (χ1v) is 9.11. The van der Waals surface area contributed by atoms with Gasteiger partial charge in [-0.15, -0.1) is 0 Å². The lowest BCUT2D eigenvalue weighted by molar-refractivity contribution is -0.123. The number of H-pyrrole nitrogens is 1. The van der Waals surface area contributed by atoms with Crippen molar-refractivity contribution in [3.8, 4) is 0 Å². The topological polar surface area (TPSA) is 83.8 Å². The number of fused-ring (bicyclic) bond motifs is 1. The first kappa shape index (κ1) is 17.0. The Hall–Kier alpha value is -1.88. The van der Waals surface area contributed by atoms with Crippen LogP contribution in [0.1, 0.15) is 50.8 Å². The molecule has 1 aromatic heterocycles. The van der Waals surface area contributed by atoms with Crippen LogP contribution in [0.4, 0.5) is 0 Å². The van der Waals surface area contributed by atoms with Gasteiger partial charge in [-0.2, -0.15) is 0 Å². The molecule has 1 aliphatic rings. The van der Waals surface area contributed by atoms with Gasteiger partial charge in [0.25, 0.3) is 0 Å². The summed E-state index contributed by atoms with van der Waals surface area (Å²) in [5, 5.41) is 3.06. The molecule has 1 amide bonds. The second-order valence-electron chi connectivity index (χ2n) is 7.10. The van der Waals surface area contributed by atoms with Crippen LogP contribution in [0.2, 0.25) is 0 Å². The van der Waals surface area contributed by atoms with Gasteiger partial charge < -0.3 is 16.0 Å². The molecule has 3 rings (SSSR count). The van der Waals surface area contributed by atoms with Gasteiger partial charge in [-0.3, -0.25) is 4.79 Å². The summed E-state index contributed by atoms with van der Waals surface area (Å²) in [5.74, 6) is 1.13. The Morgan fingerprint density at radius 1 is 1.25 bits per heavy atom. The molecule has 0 spiro atoms. The maximum Gasteiger partial charge on any atom is 0.220 e. The van der Waals surface area contributed by atoms with Crippen LogP contribution in [0.15, 0.2) is 24.3 Å². The molecule has 1 fully saturated rings. The second-order valence-corrected chi connectivity index (χ2v) is 7.10. The Labute approximate surface area is 143 Å². The summed E-state index contributed by atoms with van der Waals surface area (Å²) in [7, 11) is 0. The van der Waals surface area contributed by atoms with Gasteiger partial charge >= 0.3 is 0 Å². The number of aromatic nitrogens is 2. The number of hydrogen-bond acceptors (Lipinski definition) is 3. The highest BCUT2D eigenvalue weighted by atomic mass is 16.1. The van der Waals surface area contributed by atoms with Crippen LogP contribution in [0, 0.1) is 5.41 Å². The molecule has 1 saturated carbocycles. The number of amides is 1. The predicted octanol–water partition coefficient (Wildman–Crippen LogP) is 2.91. The molecule has 1 aromatic carbocycles. The lowest BCUT2D eigenvalue weighted by Crippen LogP contribution is -2.38. The summed E-state index contributed by atoms with van der Waals surface area (Å²) in [5.41, 5.74) is 8.07. The van der Waals surface area contributed by atoms with Crippen LogP contribution >= 0.6 is 0 Å². The number of rotatable bonds is 7. The number of benzene rings is 1. The number of hydrogen-bond donors (Lipinski definition) is 3. The summed E-state index contributed by atoms with van der Waals surface area (Å²) in [6.07, 6.45) is 8.19. The number of aryl methyl sites for hydroxylation is 1. The zero-order valence-corrected chi connectivity index (χ0v) is 14.3. The molecule has 1 aliphatic carbocycles. The molecule has 130 valence electrons. The quantitative estimate of drug-likeness (QED) is 0.683. The average Bonchev–Trinajstić information content (AvgIpc) is 3.02. The van der Waals surface area contributed by atoms with Crippen molar-refractivity contribution in [3.63, 3.8) is 0 Å². The molecule has 0 unspecified atom stereocenters. The number of aromatic amines is 1. The van der Waals surface area contributed by atoms with Crippen LogP contribution in [-0.4, -0.2) is 29.0 Å². The Bertz CT molecular complexity index is 640. The predicted molar refractivity (Wildman–Crippen MR) is 96.6 cm³/mol. The zero-order valence-electron chi connectivity index (χ0n) is 14.3. The average molecular weight is 328 g/mol. The molecule has 0 aliphatic heterocycles. The highest BCUT2D eigenvalue weighted by Gasteiger charge is 2.32. The van der Waals surface area contributed by atoms with Gasteiger partial charge in [0, 0.05) is 19.4 Å². The SMILES string of the molecule is NCC1(CC(=O)NCCCc2nc3ccccc3[nH]2)CCCCC1. The highest BCUT2D eigenvalue weighted by molar-refractivity contribution is 5.76. The van der Waals surface area contributed by atoms with E-state index in [9.17, 15) is 4.79 Å². The fourth-order valence-corrected chi connectivity index (χ4v) is 3.77. The summed E-state index contributed by atoms with van der Waals surface area (Å²) < 4.78 is 0. The number of nitrogens with two attached hydrogens (primary N) is 1. The second kappa shape index (κ2) is 7.79. The number of para-hydroxylation sites is 2. The third kappa shape index (κ3) is 4.15. The Morgan fingerprint density at radius 2 is 2.04 bits per heavy atom. The molecule has 0 bridgehead atoms. The van der Waals surface area contributed by atoms with Crippen molar-refractivity contribution >= 4 is 16.9 Å². The van der Waals surface area contributed by atoms with Gasteiger partial charge in [-0.1, -0.05) is 31.4 Å². The van der Waals surface area contributed by atoms with E-state index < -0.39 is 0 Å². The van der Waals surface area contributed by atoms with E-state index >= 15 is 0 Å². The molecule has 0 saturated heterocycles. The normalized spacial score (nSPS) is 17.0. The van der Waals surface area contributed by atoms with Crippen LogP contribution in [0.3, 0.4) is 0 Å². The van der Waals surface area contributed by atoms with E-state index in [0.717, 1.165) is 42.5 Å². The molecular weight excluding hydrogens is 300 g/mol. The maximum atomic E-state index is 12.2. The zero-order chi connectivity index (χ0) is 16.8. The van der Waals surface area contributed by atoms with E-state index in [1.54, 1.807) is 0 Å². The molecule has 1 heterocycles. The van der Waals surface area contributed by atoms with E-state index in [0.29, 0.717) is 19.5 Å². The van der Waals surface area contributed by atoms with E-state index in [1.165, 1.54) is 19.3 Å². The van der Waals surface area contributed by atoms with Crippen molar-refractivity contribution in [2.24, 2.45) is 11.1 Å². The molecule has 0 radical (unpaired) electrons. The van der Waals surface area contributed by atoms with Crippen LogP contribution in [0.5, 0.6) is 0 Å². The van der Waals surface area contributed by atoms with Crippen molar-refractivity contribution < 1.29 is 4.79 Å². The lowest BCUT2D eigenvalue weighted by atomic mass is 9.71. The smallest absolute Gasteiger partial charge is 0.220 e. The van der Waals surface area contributed by atoms with E-state index in [-0.39, 0.29) is 11.3 Å². The molecule has 5 nitrogen and oxygen atoms in total. The van der Waals surface area contributed by atoms with Crippen LogP contribution in [-0.2, 0) is 11.2 Å². The maximum absolute atomic E-state index is 12.2. The highest BCUT2D eigenvalue weighted by Crippen LogP contribution is 2.38. The standard InChI is InChI=1S/C19H28N4O/c20-14-19(10-4-1-5-11-19)13-18(24)21-12-6-9-17-22-15-7-2-3-8-16(15)23-17/h2-3,7-8H,1,4-6,9-14,20H2,(H,21,24)(H,22,23). The Kier molecular flexibility index (Phi) is 5.51. The minimum absolute atomic E-state index is 0.0427. The number of nitrogens with one attached hydrogen (secondary N) is 2. The van der Waals surface area contributed by atoms with Crippen molar-refractivity contribution in [1.29, 1.82) is 0 Å². The van der Waals surface area contributed by atoms with Crippen molar-refractivity contribution in [3.05, 3.63) is 30.1 Å². The van der Waals surface area contributed by atoms with Gasteiger partial charge in [-0.25, -0.2) is 4.98 Å². The molecular formula is C19H28N4O. The largest absolute Gasteiger partial charge is 0.356 e. The summed E-state index contributed by atoms with van der Waals surface area (Å²) >= 11 is 0. The van der Waals surface area contributed by atoms with E-state index in [1.807, 2.05) is 24.3 Å². The van der Waals surface area contributed by atoms with Crippen LogP contribution < -0.4 is 11.1 Å². The van der Waals surface area contributed by atoms with E-state index in [4.69, 9.17) is 5.73 Å². The number of carbonyl (C=O) groups is 1. The summed E-state index contributed by atoms with van der Waals surface area (Å²) in [4.78, 5) is 20.1. The van der Waals surface area contributed by atoms with Crippen molar-refractivity contribution in [2.45, 2.75) is 51.4 Å². The third-order valence-corrected chi connectivity index (χ3v) is 5.23. The van der Waals surface area contributed by atoms with Crippen molar-refractivity contribution in [2.75, 3.05) is 13.1 Å². The van der Waals surface area contributed by atoms with Gasteiger partial charge in [-0.05, 0) is 43.4 Å². The number of imidazole rings is 1. The minimum Gasteiger partial charge on any atom is -0.356 e. The van der Waals surface area contributed by atoms with E-state index in [2.05, 4.69) is 15.3 Å². The lowest BCUT2D eigenvalue weighted by Gasteiger charge is -2.35. The first-order chi connectivity index (χ1) is 11.7. The number of nitrogens with zero attached hydrogens (tertiary/aromatic N) is 1. The Balaban J connectivity index is 1.41. The fraction of sp³-hybridized carbons (Fsp3) is 0.579. The fourth-order valence-electron chi connectivity index (χ4n) is 3.77. The minimum atomic E-state index is 0.0427. The first-order valence-electron chi connectivity index (χ1n) is 9.11. The van der Waals surface area contributed by atoms with Crippen LogP contribution in [0.25, 0.3) is 11.0 Å². The van der Waals surface area contributed by atoms with Gasteiger partial charge in [0.2, 0.25) is 5.91 Å².